The second-order valence-corrected chi connectivity index (χ2v) is 5.21. The lowest BCUT2D eigenvalue weighted by molar-refractivity contribution is 0.588. The zero-order valence-electron chi connectivity index (χ0n) is 11.7. The van der Waals surface area contributed by atoms with Crippen molar-refractivity contribution in [3.63, 3.8) is 0 Å². The number of halogens is 1. The van der Waals surface area contributed by atoms with Crippen molar-refractivity contribution in [2.24, 2.45) is 0 Å². The minimum Gasteiger partial charge on any atom is -0.372 e. The van der Waals surface area contributed by atoms with Gasteiger partial charge in [-0.15, -0.1) is 0 Å². The Balaban J connectivity index is 3.04. The number of hydrogen-bond donors (Lipinski definition) is 1. The molecule has 0 amide bonds. The number of rotatable bonds is 7. The molecule has 0 aliphatic rings. The number of anilines is 2. The monoisotopic (exact) mass is 314 g/mol. The first-order chi connectivity index (χ1) is 8.65. The van der Waals surface area contributed by atoms with Gasteiger partial charge in [-0.25, -0.2) is 9.97 Å². The molecule has 1 heterocycles. The van der Waals surface area contributed by atoms with Gasteiger partial charge in [0.05, 0.1) is 0 Å². The van der Waals surface area contributed by atoms with Crippen LogP contribution in [0.1, 0.15) is 40.0 Å². The summed E-state index contributed by atoms with van der Waals surface area (Å²) in [4.78, 5) is 11.0. The molecule has 0 radical (unpaired) electrons. The first kappa shape index (κ1) is 15.2. The van der Waals surface area contributed by atoms with Crippen molar-refractivity contribution in [1.82, 2.24) is 9.97 Å². The Morgan fingerprint density at radius 3 is 2.67 bits per heavy atom. The number of hydrogen-bond acceptors (Lipinski definition) is 4. The van der Waals surface area contributed by atoms with Gasteiger partial charge in [-0.05, 0) is 35.7 Å². The third-order valence-corrected chi connectivity index (χ3v) is 3.89. The molecule has 1 aromatic rings. The standard InChI is InChI=1S/C13H23BrN4/c1-5-7-8-18(10(3)6-2)13-11(14)12(15-4)16-9-17-13/h9-10H,5-8H2,1-4H3,(H,15,16,17). The molecule has 0 spiro atoms. The normalized spacial score (nSPS) is 12.3. The van der Waals surface area contributed by atoms with E-state index >= 15 is 0 Å². The van der Waals surface area contributed by atoms with Gasteiger partial charge in [-0.1, -0.05) is 20.3 Å². The Bertz CT molecular complexity index is 370. The number of unbranched alkanes of at least 4 members (excludes halogenated alkanes) is 1. The van der Waals surface area contributed by atoms with Crippen molar-refractivity contribution in [2.75, 3.05) is 23.8 Å². The molecule has 0 aromatic carbocycles. The third-order valence-electron chi connectivity index (χ3n) is 3.16. The molecule has 1 unspecified atom stereocenters. The van der Waals surface area contributed by atoms with Crippen LogP contribution in [-0.4, -0.2) is 29.6 Å². The highest BCUT2D eigenvalue weighted by molar-refractivity contribution is 9.10. The van der Waals surface area contributed by atoms with Crippen LogP contribution in [0.15, 0.2) is 10.8 Å². The number of nitrogens with zero attached hydrogens (tertiary/aromatic N) is 3. The Morgan fingerprint density at radius 1 is 1.39 bits per heavy atom. The first-order valence-corrected chi connectivity index (χ1v) is 7.39. The van der Waals surface area contributed by atoms with Crippen LogP contribution in [0.5, 0.6) is 0 Å². The van der Waals surface area contributed by atoms with Crippen LogP contribution in [0.25, 0.3) is 0 Å². The highest BCUT2D eigenvalue weighted by Crippen LogP contribution is 2.30. The lowest BCUT2D eigenvalue weighted by atomic mass is 10.2. The molecule has 1 rings (SSSR count). The zero-order valence-corrected chi connectivity index (χ0v) is 13.3. The molecule has 5 heteroatoms. The van der Waals surface area contributed by atoms with Gasteiger partial charge in [0.2, 0.25) is 0 Å². The molecule has 0 aliphatic carbocycles. The summed E-state index contributed by atoms with van der Waals surface area (Å²) < 4.78 is 0.948. The van der Waals surface area contributed by atoms with Crippen molar-refractivity contribution in [2.45, 2.75) is 46.1 Å². The van der Waals surface area contributed by atoms with Crippen LogP contribution in [-0.2, 0) is 0 Å². The fourth-order valence-corrected chi connectivity index (χ4v) is 2.45. The third kappa shape index (κ3) is 3.57. The summed E-state index contributed by atoms with van der Waals surface area (Å²) in [5.41, 5.74) is 0. The van der Waals surface area contributed by atoms with E-state index in [4.69, 9.17) is 0 Å². The second-order valence-electron chi connectivity index (χ2n) is 4.41. The molecule has 1 aromatic heterocycles. The molecule has 18 heavy (non-hydrogen) atoms. The quantitative estimate of drug-likeness (QED) is 0.833. The molecule has 102 valence electrons. The van der Waals surface area contributed by atoms with Crippen molar-refractivity contribution in [3.8, 4) is 0 Å². The van der Waals surface area contributed by atoms with Gasteiger partial charge < -0.3 is 10.2 Å². The van der Waals surface area contributed by atoms with Gasteiger partial charge in [0.1, 0.15) is 22.4 Å². The van der Waals surface area contributed by atoms with Gasteiger partial charge in [0.15, 0.2) is 0 Å². The number of nitrogens with one attached hydrogen (secondary N) is 1. The predicted octanol–water partition coefficient (Wildman–Crippen LogP) is 3.69. The maximum absolute atomic E-state index is 4.44. The molecule has 4 nitrogen and oxygen atoms in total. The Morgan fingerprint density at radius 2 is 2.11 bits per heavy atom. The van der Waals surface area contributed by atoms with E-state index in [1.165, 1.54) is 12.8 Å². The van der Waals surface area contributed by atoms with Crippen LogP contribution in [0.2, 0.25) is 0 Å². The fourth-order valence-electron chi connectivity index (χ4n) is 1.82. The summed E-state index contributed by atoms with van der Waals surface area (Å²) in [5.74, 6) is 1.82. The highest BCUT2D eigenvalue weighted by atomic mass is 79.9. The minimum absolute atomic E-state index is 0.479. The molecule has 0 saturated heterocycles. The molecule has 0 aliphatic heterocycles. The summed E-state index contributed by atoms with van der Waals surface area (Å²) >= 11 is 3.60. The van der Waals surface area contributed by atoms with E-state index in [0.717, 1.165) is 29.1 Å². The van der Waals surface area contributed by atoms with E-state index in [9.17, 15) is 0 Å². The van der Waals surface area contributed by atoms with Crippen molar-refractivity contribution in [3.05, 3.63) is 10.8 Å². The second kappa shape index (κ2) is 7.56. The average Bonchev–Trinajstić information content (AvgIpc) is 2.40. The van der Waals surface area contributed by atoms with E-state index in [1.54, 1.807) is 6.33 Å². The first-order valence-electron chi connectivity index (χ1n) is 6.60. The van der Waals surface area contributed by atoms with Gasteiger partial charge in [-0.3, -0.25) is 0 Å². The van der Waals surface area contributed by atoms with Gasteiger partial charge in [0, 0.05) is 19.6 Å². The largest absolute Gasteiger partial charge is 0.372 e. The van der Waals surface area contributed by atoms with Crippen LogP contribution in [0.3, 0.4) is 0 Å². The maximum atomic E-state index is 4.44. The minimum atomic E-state index is 0.479. The molecule has 0 saturated carbocycles. The summed E-state index contributed by atoms with van der Waals surface area (Å²) in [6.07, 6.45) is 5.09. The average molecular weight is 315 g/mol. The lowest BCUT2D eigenvalue weighted by Crippen LogP contribution is -2.34. The van der Waals surface area contributed by atoms with Crippen LogP contribution in [0.4, 0.5) is 11.6 Å². The predicted molar refractivity (Wildman–Crippen MR) is 81.3 cm³/mol. The van der Waals surface area contributed by atoms with Gasteiger partial charge in [-0.2, -0.15) is 0 Å². The summed E-state index contributed by atoms with van der Waals surface area (Å²) in [6.45, 7) is 7.69. The number of aromatic nitrogens is 2. The Kier molecular flexibility index (Phi) is 6.39. The van der Waals surface area contributed by atoms with Gasteiger partial charge >= 0.3 is 0 Å². The topological polar surface area (TPSA) is 41.1 Å². The molecule has 0 bridgehead atoms. The highest BCUT2D eigenvalue weighted by Gasteiger charge is 2.18. The van der Waals surface area contributed by atoms with Gasteiger partial charge in [0.25, 0.3) is 0 Å². The molecular formula is C13H23BrN4. The van der Waals surface area contributed by atoms with Crippen molar-refractivity contribution >= 4 is 27.6 Å². The summed E-state index contributed by atoms with van der Waals surface area (Å²) in [6, 6.07) is 0.479. The van der Waals surface area contributed by atoms with E-state index < -0.39 is 0 Å². The van der Waals surface area contributed by atoms with E-state index in [0.29, 0.717) is 6.04 Å². The SMILES string of the molecule is CCCCN(c1ncnc(NC)c1Br)C(C)CC. The molecule has 0 fully saturated rings. The molecule has 1 atom stereocenters. The Labute approximate surface area is 118 Å². The van der Waals surface area contributed by atoms with Crippen LogP contribution < -0.4 is 10.2 Å². The van der Waals surface area contributed by atoms with E-state index in [-0.39, 0.29) is 0 Å². The smallest absolute Gasteiger partial charge is 0.148 e. The maximum Gasteiger partial charge on any atom is 0.148 e. The lowest BCUT2D eigenvalue weighted by Gasteiger charge is -2.30. The summed E-state index contributed by atoms with van der Waals surface area (Å²) in [7, 11) is 1.87. The van der Waals surface area contributed by atoms with Crippen molar-refractivity contribution < 1.29 is 0 Å². The van der Waals surface area contributed by atoms with Crippen LogP contribution in [0, 0.1) is 0 Å². The van der Waals surface area contributed by atoms with E-state index in [2.05, 4.69) is 56.9 Å². The fraction of sp³-hybridized carbons (Fsp3) is 0.692. The molecular weight excluding hydrogens is 292 g/mol. The zero-order chi connectivity index (χ0) is 13.5. The Hall–Kier alpha value is -0.840. The van der Waals surface area contributed by atoms with E-state index in [1.807, 2.05) is 7.05 Å². The van der Waals surface area contributed by atoms with Crippen LogP contribution >= 0.6 is 15.9 Å². The van der Waals surface area contributed by atoms with Crippen molar-refractivity contribution in [1.29, 1.82) is 0 Å². The summed E-state index contributed by atoms with van der Waals surface area (Å²) in [5, 5.41) is 3.08. The molecule has 1 N–H and O–H groups in total.